The summed E-state index contributed by atoms with van der Waals surface area (Å²) in [6.07, 6.45) is 5.40. The van der Waals surface area contributed by atoms with Crippen LogP contribution in [-0.4, -0.2) is 28.3 Å². The lowest BCUT2D eigenvalue weighted by molar-refractivity contribution is 0.499. The summed E-state index contributed by atoms with van der Waals surface area (Å²) in [5.41, 5.74) is 3.97. The summed E-state index contributed by atoms with van der Waals surface area (Å²) < 4.78 is 2.09. The Bertz CT molecular complexity index is 734. The first-order valence-electron chi connectivity index (χ1n) is 9.21. The van der Waals surface area contributed by atoms with Crippen molar-refractivity contribution in [1.29, 1.82) is 0 Å². The van der Waals surface area contributed by atoms with Gasteiger partial charge in [0.25, 0.3) is 0 Å². The van der Waals surface area contributed by atoms with E-state index in [4.69, 9.17) is 10.1 Å². The zero-order valence-electron chi connectivity index (χ0n) is 16.1. The van der Waals surface area contributed by atoms with Crippen LogP contribution in [0.1, 0.15) is 54.9 Å². The topological polar surface area (TPSA) is 54.2 Å². The van der Waals surface area contributed by atoms with Crippen molar-refractivity contribution in [3.8, 4) is 0 Å². The highest BCUT2D eigenvalue weighted by Crippen LogP contribution is 2.22. The molecule has 0 fully saturated rings. The number of halogens is 1. The van der Waals surface area contributed by atoms with E-state index >= 15 is 0 Å². The van der Waals surface area contributed by atoms with Crippen LogP contribution in [0.4, 0.5) is 0 Å². The molecular formula is C19H30IN5S. The molecule has 1 atom stereocenters. The maximum Gasteiger partial charge on any atom is 0.191 e. The van der Waals surface area contributed by atoms with E-state index in [1.165, 1.54) is 21.7 Å². The van der Waals surface area contributed by atoms with Crippen LogP contribution in [0.5, 0.6) is 0 Å². The highest BCUT2D eigenvalue weighted by molar-refractivity contribution is 14.0. The highest BCUT2D eigenvalue weighted by Gasteiger charge is 2.23. The van der Waals surface area contributed by atoms with Crippen molar-refractivity contribution < 1.29 is 0 Å². The third-order valence-corrected chi connectivity index (χ3v) is 5.67. The summed E-state index contributed by atoms with van der Waals surface area (Å²) in [5, 5.41) is 13.9. The molecule has 2 aromatic rings. The standard InChI is InChI=1S/C19H29N5S.HI/c1-5-20-19(21-11-18-14(4)8-9-25-18)22-16-7-6-15-12-24(13(2)3)23-17(15)10-16;/h8-9,12-13,16H,5-7,10-11H2,1-4H3,(H2,20,21,22);1H. The molecule has 1 aliphatic rings. The molecule has 0 amide bonds. The summed E-state index contributed by atoms with van der Waals surface area (Å²) in [6, 6.07) is 2.97. The van der Waals surface area contributed by atoms with Gasteiger partial charge in [-0.3, -0.25) is 4.68 Å². The first-order valence-corrected chi connectivity index (χ1v) is 10.1. The fraction of sp³-hybridized carbons (Fsp3) is 0.579. The monoisotopic (exact) mass is 487 g/mol. The average molecular weight is 487 g/mol. The van der Waals surface area contributed by atoms with Gasteiger partial charge in [-0.1, -0.05) is 0 Å². The van der Waals surface area contributed by atoms with E-state index in [0.717, 1.165) is 38.3 Å². The molecule has 1 unspecified atom stereocenters. The summed E-state index contributed by atoms with van der Waals surface area (Å²) in [5.74, 6) is 0.909. The highest BCUT2D eigenvalue weighted by atomic mass is 127. The number of hydrogen-bond acceptors (Lipinski definition) is 3. The molecule has 0 radical (unpaired) electrons. The molecular weight excluding hydrogens is 457 g/mol. The molecule has 144 valence electrons. The number of aromatic nitrogens is 2. The van der Waals surface area contributed by atoms with Crippen molar-refractivity contribution in [2.24, 2.45) is 4.99 Å². The van der Waals surface area contributed by atoms with Crippen LogP contribution in [0.3, 0.4) is 0 Å². The third-order valence-electron chi connectivity index (χ3n) is 4.66. The van der Waals surface area contributed by atoms with Gasteiger partial charge in [-0.05, 0) is 63.1 Å². The lowest BCUT2D eigenvalue weighted by Crippen LogP contribution is -2.45. The van der Waals surface area contributed by atoms with Crippen molar-refractivity contribution in [2.45, 2.75) is 65.6 Å². The molecule has 3 rings (SSSR count). The molecule has 2 aromatic heterocycles. The minimum absolute atomic E-state index is 0. The largest absolute Gasteiger partial charge is 0.357 e. The molecule has 0 spiro atoms. The summed E-state index contributed by atoms with van der Waals surface area (Å²) >= 11 is 1.78. The van der Waals surface area contributed by atoms with Gasteiger partial charge in [0.2, 0.25) is 0 Å². The second kappa shape index (κ2) is 9.73. The second-order valence-corrected chi connectivity index (χ2v) is 7.98. The Kier molecular flexibility index (Phi) is 7.94. The number of nitrogens with zero attached hydrogens (tertiary/aromatic N) is 3. The second-order valence-electron chi connectivity index (χ2n) is 6.98. The number of aliphatic imine (C=N–C) groups is 1. The Balaban J connectivity index is 0.00000243. The Hall–Kier alpha value is -1.09. The first kappa shape index (κ1) is 21.2. The van der Waals surface area contributed by atoms with Gasteiger partial charge >= 0.3 is 0 Å². The lowest BCUT2D eigenvalue weighted by Gasteiger charge is -2.24. The van der Waals surface area contributed by atoms with Crippen LogP contribution < -0.4 is 10.6 Å². The van der Waals surface area contributed by atoms with Crippen molar-refractivity contribution in [3.05, 3.63) is 39.3 Å². The van der Waals surface area contributed by atoms with E-state index in [2.05, 4.69) is 60.7 Å². The van der Waals surface area contributed by atoms with Gasteiger partial charge in [-0.25, -0.2) is 4.99 Å². The van der Waals surface area contributed by atoms with E-state index in [0.29, 0.717) is 12.1 Å². The van der Waals surface area contributed by atoms with Gasteiger partial charge in [-0.15, -0.1) is 35.3 Å². The molecule has 7 heteroatoms. The average Bonchev–Trinajstić information content (AvgIpc) is 3.18. The van der Waals surface area contributed by atoms with Crippen molar-refractivity contribution >= 4 is 41.3 Å². The summed E-state index contributed by atoms with van der Waals surface area (Å²) in [4.78, 5) is 6.11. The number of guanidine groups is 1. The molecule has 1 aliphatic carbocycles. The number of fused-ring (bicyclic) bond motifs is 1. The predicted molar refractivity (Wildman–Crippen MR) is 121 cm³/mol. The van der Waals surface area contributed by atoms with E-state index in [1.54, 1.807) is 11.3 Å². The van der Waals surface area contributed by atoms with Crippen molar-refractivity contribution in [1.82, 2.24) is 20.4 Å². The van der Waals surface area contributed by atoms with Crippen LogP contribution in [0, 0.1) is 6.92 Å². The summed E-state index contributed by atoms with van der Waals surface area (Å²) in [7, 11) is 0. The van der Waals surface area contributed by atoms with E-state index < -0.39 is 0 Å². The molecule has 5 nitrogen and oxygen atoms in total. The third kappa shape index (κ3) is 5.22. The van der Waals surface area contributed by atoms with Gasteiger partial charge < -0.3 is 10.6 Å². The fourth-order valence-electron chi connectivity index (χ4n) is 3.13. The Morgan fingerprint density at radius 2 is 2.27 bits per heavy atom. The Morgan fingerprint density at radius 3 is 2.92 bits per heavy atom. The zero-order valence-corrected chi connectivity index (χ0v) is 19.2. The smallest absolute Gasteiger partial charge is 0.191 e. The SMILES string of the molecule is CCNC(=NCc1sccc1C)NC1CCc2cn(C(C)C)nc2C1.I. The van der Waals surface area contributed by atoms with Crippen LogP contribution >= 0.6 is 35.3 Å². The Morgan fingerprint density at radius 1 is 1.46 bits per heavy atom. The molecule has 2 heterocycles. The van der Waals surface area contributed by atoms with Crippen LogP contribution in [0.2, 0.25) is 0 Å². The van der Waals surface area contributed by atoms with Crippen LogP contribution in [-0.2, 0) is 19.4 Å². The number of aryl methyl sites for hydroxylation is 2. The van der Waals surface area contributed by atoms with Gasteiger partial charge in [0, 0.05) is 36.1 Å². The van der Waals surface area contributed by atoms with E-state index in [9.17, 15) is 0 Å². The first-order chi connectivity index (χ1) is 12.1. The number of hydrogen-bond donors (Lipinski definition) is 2. The van der Waals surface area contributed by atoms with Crippen LogP contribution in [0.15, 0.2) is 22.6 Å². The summed E-state index contributed by atoms with van der Waals surface area (Å²) in [6.45, 7) is 10.2. The van der Waals surface area contributed by atoms with Gasteiger partial charge in [0.1, 0.15) is 0 Å². The Labute approximate surface area is 177 Å². The fourth-order valence-corrected chi connectivity index (χ4v) is 3.96. The number of rotatable bonds is 5. The maximum absolute atomic E-state index is 4.78. The van der Waals surface area contributed by atoms with Gasteiger partial charge in [-0.2, -0.15) is 5.10 Å². The van der Waals surface area contributed by atoms with Crippen molar-refractivity contribution in [2.75, 3.05) is 6.54 Å². The maximum atomic E-state index is 4.78. The van der Waals surface area contributed by atoms with Crippen LogP contribution in [0.25, 0.3) is 0 Å². The predicted octanol–water partition coefficient (Wildman–Crippen LogP) is 4.06. The van der Waals surface area contributed by atoms with E-state index in [1.807, 2.05) is 0 Å². The van der Waals surface area contributed by atoms with E-state index in [-0.39, 0.29) is 24.0 Å². The quantitative estimate of drug-likeness (QED) is 0.380. The number of thiophene rings is 1. The molecule has 26 heavy (non-hydrogen) atoms. The molecule has 0 aliphatic heterocycles. The van der Waals surface area contributed by atoms with Crippen molar-refractivity contribution in [3.63, 3.8) is 0 Å². The zero-order chi connectivity index (χ0) is 17.8. The molecule has 0 aromatic carbocycles. The molecule has 2 N–H and O–H groups in total. The van der Waals surface area contributed by atoms with Gasteiger partial charge in [0.05, 0.1) is 12.2 Å². The number of nitrogens with one attached hydrogen (secondary N) is 2. The normalized spacial score (nSPS) is 17.0. The molecule has 0 saturated heterocycles. The minimum atomic E-state index is 0. The lowest BCUT2D eigenvalue weighted by atomic mass is 9.94. The molecule has 0 saturated carbocycles. The van der Waals surface area contributed by atoms with Gasteiger partial charge in [0.15, 0.2) is 5.96 Å². The molecule has 0 bridgehead atoms. The minimum Gasteiger partial charge on any atom is -0.357 e.